The van der Waals surface area contributed by atoms with Crippen molar-refractivity contribution in [2.45, 2.75) is 19.5 Å². The van der Waals surface area contributed by atoms with Crippen LogP contribution in [0.25, 0.3) is 0 Å². The largest absolute Gasteiger partial charge is 0.309 e. The smallest absolute Gasteiger partial charge is 0.246 e. The number of nitrogens with one attached hydrogen (secondary N) is 2. The fraction of sp³-hybridized carbons (Fsp3) is 0.250. The van der Waals surface area contributed by atoms with Crippen LogP contribution in [0.4, 0.5) is 10.2 Å². The van der Waals surface area contributed by atoms with Crippen molar-refractivity contribution in [3.63, 3.8) is 0 Å². The van der Waals surface area contributed by atoms with Crippen LogP contribution in [-0.2, 0) is 11.3 Å². The molecule has 114 valence electrons. The molecule has 2 heterocycles. The first-order valence-corrected chi connectivity index (χ1v) is 7.11. The summed E-state index contributed by atoms with van der Waals surface area (Å²) in [7, 11) is 0. The molecule has 2 N–H and O–H groups in total. The Hall–Kier alpha value is -2.47. The normalized spacial score (nSPS) is 16.9. The number of halogens is 1. The van der Waals surface area contributed by atoms with Crippen molar-refractivity contribution >= 4 is 11.7 Å². The highest BCUT2D eigenvalue weighted by molar-refractivity contribution is 5.96. The number of nitrogens with zero attached hydrogens (tertiary/aromatic N) is 2. The molecule has 0 spiro atoms. The van der Waals surface area contributed by atoms with E-state index in [-0.39, 0.29) is 17.8 Å². The van der Waals surface area contributed by atoms with Crippen LogP contribution in [-0.4, -0.2) is 28.3 Å². The molecule has 0 unspecified atom stereocenters. The van der Waals surface area contributed by atoms with Crippen LogP contribution in [0.2, 0.25) is 0 Å². The van der Waals surface area contributed by atoms with Crippen LogP contribution in [0.15, 0.2) is 42.6 Å². The lowest BCUT2D eigenvalue weighted by Gasteiger charge is -2.13. The molecule has 0 saturated heterocycles. The SMILES string of the molecule is Cc1cnn(Cc2cccc(F)c2)c1NC(=O)[C@H]1C=CCN1. The summed E-state index contributed by atoms with van der Waals surface area (Å²) < 4.78 is 14.9. The summed E-state index contributed by atoms with van der Waals surface area (Å²) in [6, 6.07) is 6.03. The van der Waals surface area contributed by atoms with Gasteiger partial charge in [-0.05, 0) is 24.6 Å². The van der Waals surface area contributed by atoms with E-state index >= 15 is 0 Å². The zero-order valence-electron chi connectivity index (χ0n) is 12.2. The lowest BCUT2D eigenvalue weighted by molar-refractivity contribution is -0.117. The van der Waals surface area contributed by atoms with Crippen molar-refractivity contribution in [2.75, 3.05) is 11.9 Å². The maximum atomic E-state index is 13.3. The van der Waals surface area contributed by atoms with Gasteiger partial charge in [-0.1, -0.05) is 24.3 Å². The topological polar surface area (TPSA) is 59.0 Å². The van der Waals surface area contributed by atoms with E-state index in [1.54, 1.807) is 16.9 Å². The van der Waals surface area contributed by atoms with Crippen molar-refractivity contribution in [1.82, 2.24) is 15.1 Å². The van der Waals surface area contributed by atoms with Crippen LogP contribution in [0.1, 0.15) is 11.1 Å². The van der Waals surface area contributed by atoms with Crippen molar-refractivity contribution < 1.29 is 9.18 Å². The maximum Gasteiger partial charge on any atom is 0.246 e. The Kier molecular flexibility index (Phi) is 4.02. The fourth-order valence-electron chi connectivity index (χ4n) is 2.41. The molecule has 1 aliphatic rings. The molecular weight excluding hydrogens is 283 g/mol. The van der Waals surface area contributed by atoms with Gasteiger partial charge in [0.2, 0.25) is 5.91 Å². The molecular formula is C16H17FN4O. The minimum Gasteiger partial charge on any atom is -0.309 e. The highest BCUT2D eigenvalue weighted by Crippen LogP contribution is 2.17. The average molecular weight is 300 g/mol. The van der Waals surface area contributed by atoms with E-state index in [1.165, 1.54) is 12.1 Å². The van der Waals surface area contributed by atoms with Crippen molar-refractivity contribution in [2.24, 2.45) is 0 Å². The number of benzene rings is 1. The van der Waals surface area contributed by atoms with Gasteiger partial charge in [0.25, 0.3) is 0 Å². The van der Waals surface area contributed by atoms with Gasteiger partial charge < -0.3 is 5.32 Å². The first-order chi connectivity index (χ1) is 10.6. The standard InChI is InChI=1S/C16H17FN4O/c1-11-9-19-21(10-12-4-2-5-13(17)8-12)15(11)20-16(22)14-6-3-7-18-14/h2-6,8-9,14,18H,7,10H2,1H3,(H,20,22)/t14-/m1/s1. The third kappa shape index (κ3) is 3.07. The first-order valence-electron chi connectivity index (χ1n) is 7.11. The molecule has 3 rings (SSSR count). The maximum absolute atomic E-state index is 13.3. The lowest BCUT2D eigenvalue weighted by Crippen LogP contribution is -2.36. The van der Waals surface area contributed by atoms with Gasteiger partial charge in [-0.2, -0.15) is 5.10 Å². The molecule has 0 fully saturated rings. The molecule has 1 amide bonds. The number of hydrogen-bond acceptors (Lipinski definition) is 3. The number of amides is 1. The molecule has 1 aliphatic heterocycles. The lowest BCUT2D eigenvalue weighted by atomic mass is 10.2. The minimum absolute atomic E-state index is 0.127. The van der Waals surface area contributed by atoms with E-state index in [9.17, 15) is 9.18 Å². The third-order valence-corrected chi connectivity index (χ3v) is 3.55. The summed E-state index contributed by atoms with van der Waals surface area (Å²) in [6.45, 7) is 2.97. The van der Waals surface area contributed by atoms with Crippen molar-refractivity contribution in [1.29, 1.82) is 0 Å². The Morgan fingerprint density at radius 1 is 1.55 bits per heavy atom. The number of aromatic nitrogens is 2. The summed E-state index contributed by atoms with van der Waals surface area (Å²) in [5.74, 6) is 0.224. The summed E-state index contributed by atoms with van der Waals surface area (Å²) in [4.78, 5) is 12.2. The molecule has 6 heteroatoms. The third-order valence-electron chi connectivity index (χ3n) is 3.55. The van der Waals surface area contributed by atoms with Gasteiger partial charge in [-0.3, -0.25) is 10.1 Å². The number of aryl methyl sites for hydroxylation is 1. The highest BCUT2D eigenvalue weighted by atomic mass is 19.1. The fourth-order valence-corrected chi connectivity index (χ4v) is 2.41. The van der Waals surface area contributed by atoms with Crippen LogP contribution in [0, 0.1) is 12.7 Å². The Morgan fingerprint density at radius 2 is 2.41 bits per heavy atom. The van der Waals surface area contributed by atoms with Gasteiger partial charge in [0.15, 0.2) is 0 Å². The van der Waals surface area contributed by atoms with Gasteiger partial charge in [0.05, 0.1) is 12.7 Å². The van der Waals surface area contributed by atoms with Crippen LogP contribution in [0.5, 0.6) is 0 Å². The number of carbonyl (C=O) groups is 1. The number of anilines is 1. The molecule has 0 saturated carbocycles. The molecule has 1 aromatic heterocycles. The molecule has 1 aromatic carbocycles. The van der Waals surface area contributed by atoms with Crippen LogP contribution in [0.3, 0.4) is 0 Å². The minimum atomic E-state index is -0.322. The van der Waals surface area contributed by atoms with Gasteiger partial charge in [-0.25, -0.2) is 9.07 Å². The zero-order chi connectivity index (χ0) is 15.5. The van der Waals surface area contributed by atoms with E-state index in [0.29, 0.717) is 18.9 Å². The van der Waals surface area contributed by atoms with E-state index in [2.05, 4.69) is 15.7 Å². The Labute approximate surface area is 127 Å². The van der Waals surface area contributed by atoms with Crippen molar-refractivity contribution in [3.8, 4) is 0 Å². The van der Waals surface area contributed by atoms with Crippen LogP contribution < -0.4 is 10.6 Å². The van der Waals surface area contributed by atoms with Crippen molar-refractivity contribution in [3.05, 3.63) is 59.6 Å². The molecule has 2 aromatic rings. The molecule has 0 bridgehead atoms. The number of hydrogen-bond donors (Lipinski definition) is 2. The first kappa shape index (κ1) is 14.5. The second kappa shape index (κ2) is 6.11. The van der Waals surface area contributed by atoms with Gasteiger partial charge in [0, 0.05) is 12.1 Å². The number of carbonyl (C=O) groups excluding carboxylic acids is 1. The predicted molar refractivity (Wildman–Crippen MR) is 82.0 cm³/mol. The second-order valence-electron chi connectivity index (χ2n) is 5.27. The Bertz CT molecular complexity index is 723. The van der Waals surface area contributed by atoms with Gasteiger partial charge >= 0.3 is 0 Å². The van der Waals surface area contributed by atoms with E-state index < -0.39 is 0 Å². The summed E-state index contributed by atoms with van der Waals surface area (Å²) in [5, 5.41) is 10.2. The molecule has 1 atom stereocenters. The molecule has 5 nitrogen and oxygen atoms in total. The quantitative estimate of drug-likeness (QED) is 0.847. The molecule has 22 heavy (non-hydrogen) atoms. The zero-order valence-corrected chi connectivity index (χ0v) is 12.2. The summed E-state index contributed by atoms with van der Waals surface area (Å²) in [5.41, 5.74) is 1.66. The van der Waals surface area contributed by atoms with Gasteiger partial charge in [-0.15, -0.1) is 0 Å². The average Bonchev–Trinajstić information content (AvgIpc) is 3.12. The second-order valence-corrected chi connectivity index (χ2v) is 5.27. The predicted octanol–water partition coefficient (Wildman–Crippen LogP) is 1.85. The molecule has 0 radical (unpaired) electrons. The Morgan fingerprint density at radius 3 is 3.14 bits per heavy atom. The van der Waals surface area contributed by atoms with Gasteiger partial charge in [0.1, 0.15) is 17.7 Å². The highest BCUT2D eigenvalue weighted by Gasteiger charge is 2.20. The van der Waals surface area contributed by atoms with E-state index in [1.807, 2.05) is 25.1 Å². The Balaban J connectivity index is 1.78. The van der Waals surface area contributed by atoms with E-state index in [4.69, 9.17) is 0 Å². The van der Waals surface area contributed by atoms with E-state index in [0.717, 1.165) is 11.1 Å². The summed E-state index contributed by atoms with van der Waals surface area (Å²) >= 11 is 0. The molecule has 0 aliphatic carbocycles. The summed E-state index contributed by atoms with van der Waals surface area (Å²) in [6.07, 6.45) is 5.44. The van der Waals surface area contributed by atoms with Crippen LogP contribution >= 0.6 is 0 Å². The monoisotopic (exact) mass is 300 g/mol. The number of rotatable bonds is 4.